The largest absolute Gasteiger partial charge is 0.411 e. The van der Waals surface area contributed by atoms with Crippen molar-refractivity contribution in [1.29, 1.82) is 0 Å². The van der Waals surface area contributed by atoms with E-state index in [4.69, 9.17) is 5.21 Å². The molecule has 4 nitrogen and oxygen atoms in total. The van der Waals surface area contributed by atoms with Gasteiger partial charge in [0.1, 0.15) is 12.8 Å². The molecule has 0 aliphatic rings. The molecule has 0 aromatic heterocycles. The molecule has 0 unspecified atom stereocenters. The van der Waals surface area contributed by atoms with Crippen molar-refractivity contribution in [3.63, 3.8) is 0 Å². The molecular weight excluding hydrogens is 132 g/mol. The van der Waals surface area contributed by atoms with Gasteiger partial charge in [-0.3, -0.25) is 0 Å². The Balaban J connectivity index is 4.11. The van der Waals surface area contributed by atoms with Gasteiger partial charge in [-0.1, -0.05) is 24.2 Å². The molecule has 0 aromatic carbocycles. The smallest absolute Gasteiger partial charge is 0.106 e. The van der Waals surface area contributed by atoms with E-state index in [0.29, 0.717) is 5.71 Å². The molecule has 0 aliphatic carbocycles. The molecular formula is C6H12N2O2. The zero-order valence-electron chi connectivity index (χ0n) is 6.40. The van der Waals surface area contributed by atoms with Crippen molar-refractivity contribution in [2.75, 3.05) is 7.11 Å². The fraction of sp³-hybridized carbons (Fsp3) is 0.667. The van der Waals surface area contributed by atoms with Gasteiger partial charge in [0, 0.05) is 5.92 Å². The van der Waals surface area contributed by atoms with Crippen molar-refractivity contribution in [2.45, 2.75) is 13.8 Å². The molecule has 0 spiro atoms. The van der Waals surface area contributed by atoms with Crippen LogP contribution in [0.15, 0.2) is 10.3 Å². The topological polar surface area (TPSA) is 54.2 Å². The first-order valence-electron chi connectivity index (χ1n) is 3.00. The first kappa shape index (κ1) is 8.94. The highest BCUT2D eigenvalue weighted by Gasteiger charge is 2.01. The number of rotatable bonds is 3. The predicted molar refractivity (Wildman–Crippen MR) is 39.6 cm³/mol. The molecule has 1 N–H and O–H groups in total. The van der Waals surface area contributed by atoms with E-state index in [1.165, 1.54) is 13.3 Å². The highest BCUT2D eigenvalue weighted by molar-refractivity contribution is 6.30. The van der Waals surface area contributed by atoms with Crippen molar-refractivity contribution in [3.05, 3.63) is 0 Å². The maximum atomic E-state index is 8.15. The average molecular weight is 144 g/mol. The Morgan fingerprint density at radius 1 is 1.60 bits per heavy atom. The lowest BCUT2D eigenvalue weighted by Crippen LogP contribution is -2.09. The molecule has 0 saturated carbocycles. The van der Waals surface area contributed by atoms with Crippen LogP contribution >= 0.6 is 0 Å². The summed E-state index contributed by atoms with van der Waals surface area (Å²) in [5, 5.41) is 14.6. The second kappa shape index (κ2) is 4.78. The van der Waals surface area contributed by atoms with Crippen LogP contribution in [0.2, 0.25) is 0 Å². The van der Waals surface area contributed by atoms with Gasteiger partial charge in [-0.05, 0) is 0 Å². The van der Waals surface area contributed by atoms with Gasteiger partial charge >= 0.3 is 0 Å². The molecule has 0 saturated heterocycles. The Hall–Kier alpha value is -1.06. The van der Waals surface area contributed by atoms with Gasteiger partial charge in [-0.25, -0.2) is 0 Å². The van der Waals surface area contributed by atoms with Crippen LogP contribution < -0.4 is 0 Å². The van der Waals surface area contributed by atoms with Gasteiger partial charge in [0.2, 0.25) is 0 Å². The van der Waals surface area contributed by atoms with Crippen molar-refractivity contribution in [1.82, 2.24) is 0 Å². The summed E-state index contributed by atoms with van der Waals surface area (Å²) in [6.07, 6.45) is 1.26. The average Bonchev–Trinajstić information content (AvgIpc) is 1.87. The minimum atomic E-state index is 0.204. The fourth-order valence-corrected chi connectivity index (χ4v) is 0.443. The van der Waals surface area contributed by atoms with Gasteiger partial charge in [0.05, 0.1) is 6.21 Å². The van der Waals surface area contributed by atoms with Crippen molar-refractivity contribution in [3.8, 4) is 0 Å². The first-order chi connectivity index (χ1) is 4.72. The van der Waals surface area contributed by atoms with Crippen molar-refractivity contribution >= 4 is 11.9 Å². The van der Waals surface area contributed by atoms with E-state index in [2.05, 4.69) is 15.1 Å². The van der Waals surface area contributed by atoms with E-state index in [9.17, 15) is 0 Å². The van der Waals surface area contributed by atoms with Crippen LogP contribution in [0.1, 0.15) is 13.8 Å². The molecule has 0 fully saturated rings. The Bertz CT molecular complexity index is 141. The second-order valence-corrected chi connectivity index (χ2v) is 2.10. The summed E-state index contributed by atoms with van der Waals surface area (Å²) < 4.78 is 0. The molecule has 0 amide bonds. The maximum absolute atomic E-state index is 8.15. The minimum Gasteiger partial charge on any atom is -0.411 e. The van der Waals surface area contributed by atoms with Crippen LogP contribution in [-0.4, -0.2) is 24.2 Å². The van der Waals surface area contributed by atoms with Crippen LogP contribution in [0.25, 0.3) is 0 Å². The Morgan fingerprint density at radius 3 is 2.50 bits per heavy atom. The van der Waals surface area contributed by atoms with Gasteiger partial charge < -0.3 is 10.0 Å². The third-order valence-electron chi connectivity index (χ3n) is 0.978. The maximum Gasteiger partial charge on any atom is 0.106 e. The van der Waals surface area contributed by atoms with Crippen LogP contribution in [0.4, 0.5) is 0 Å². The summed E-state index contributed by atoms with van der Waals surface area (Å²) in [5.41, 5.74) is 0.616. The molecule has 58 valence electrons. The summed E-state index contributed by atoms with van der Waals surface area (Å²) in [5.74, 6) is 0.204. The molecule has 10 heavy (non-hydrogen) atoms. The molecule has 0 radical (unpaired) electrons. The van der Waals surface area contributed by atoms with E-state index < -0.39 is 0 Å². The van der Waals surface area contributed by atoms with Gasteiger partial charge in [0.15, 0.2) is 0 Å². The lowest BCUT2D eigenvalue weighted by Gasteiger charge is -2.00. The van der Waals surface area contributed by atoms with Crippen molar-refractivity contribution in [2.24, 2.45) is 16.2 Å². The molecule has 4 heteroatoms. The van der Waals surface area contributed by atoms with Crippen LogP contribution in [0.3, 0.4) is 0 Å². The molecule has 0 aliphatic heterocycles. The highest BCUT2D eigenvalue weighted by atomic mass is 16.6. The third kappa shape index (κ3) is 3.06. The highest BCUT2D eigenvalue weighted by Crippen LogP contribution is 1.94. The zero-order valence-corrected chi connectivity index (χ0v) is 6.40. The van der Waals surface area contributed by atoms with Crippen LogP contribution in [0.5, 0.6) is 0 Å². The van der Waals surface area contributed by atoms with E-state index in [1.807, 2.05) is 13.8 Å². The lowest BCUT2D eigenvalue weighted by atomic mass is 10.1. The molecule has 0 heterocycles. The second-order valence-electron chi connectivity index (χ2n) is 2.10. The molecule has 0 bridgehead atoms. The summed E-state index contributed by atoms with van der Waals surface area (Å²) in [6.45, 7) is 3.86. The minimum absolute atomic E-state index is 0.204. The van der Waals surface area contributed by atoms with E-state index >= 15 is 0 Å². The van der Waals surface area contributed by atoms with Gasteiger partial charge in [-0.2, -0.15) is 0 Å². The number of nitrogens with zero attached hydrogens (tertiary/aromatic N) is 2. The lowest BCUT2D eigenvalue weighted by molar-refractivity contribution is 0.212. The van der Waals surface area contributed by atoms with Crippen molar-refractivity contribution < 1.29 is 10.0 Å². The van der Waals surface area contributed by atoms with E-state index in [-0.39, 0.29) is 5.92 Å². The molecule has 0 atom stereocenters. The Labute approximate surface area is 60.2 Å². The number of oxime groups is 2. The van der Waals surface area contributed by atoms with Crippen LogP contribution in [-0.2, 0) is 4.84 Å². The summed E-state index contributed by atoms with van der Waals surface area (Å²) >= 11 is 0. The van der Waals surface area contributed by atoms with E-state index in [0.717, 1.165) is 0 Å². The Morgan fingerprint density at radius 2 is 2.20 bits per heavy atom. The number of hydrogen-bond donors (Lipinski definition) is 1. The number of hydrogen-bond acceptors (Lipinski definition) is 4. The predicted octanol–water partition coefficient (Wildman–Crippen LogP) is 1.10. The van der Waals surface area contributed by atoms with Gasteiger partial charge in [0.25, 0.3) is 0 Å². The van der Waals surface area contributed by atoms with E-state index in [1.54, 1.807) is 0 Å². The summed E-state index contributed by atoms with van der Waals surface area (Å²) in [6, 6.07) is 0. The molecule has 0 rings (SSSR count). The monoisotopic (exact) mass is 144 g/mol. The van der Waals surface area contributed by atoms with Gasteiger partial charge in [-0.15, -0.1) is 0 Å². The summed E-state index contributed by atoms with van der Waals surface area (Å²) in [4.78, 5) is 4.50. The standard InChI is InChI=1S/C6H12N2O2/c1-5(2)6(4-7-9)8-10-3/h4-5,9H,1-3H3. The SMILES string of the molecule is CON=C(C=NO)C(C)C. The Kier molecular flexibility index (Phi) is 4.28. The third-order valence-corrected chi connectivity index (χ3v) is 0.978. The zero-order chi connectivity index (χ0) is 7.98. The fourth-order valence-electron chi connectivity index (χ4n) is 0.443. The first-order valence-corrected chi connectivity index (χ1v) is 3.00. The quantitative estimate of drug-likeness (QED) is 0.366. The van der Waals surface area contributed by atoms with Crippen LogP contribution in [0, 0.1) is 5.92 Å². The molecule has 0 aromatic rings. The normalized spacial score (nSPS) is 13.0. The summed E-state index contributed by atoms with van der Waals surface area (Å²) in [7, 11) is 1.45.